The molecule has 0 saturated heterocycles. The molecule has 0 bridgehead atoms. The molecule has 23 heavy (non-hydrogen) atoms. The summed E-state index contributed by atoms with van der Waals surface area (Å²) in [4.78, 5) is 0. The van der Waals surface area contributed by atoms with Gasteiger partial charge in [0.05, 0.1) is 19.8 Å². The predicted octanol–water partition coefficient (Wildman–Crippen LogP) is 5.77. The van der Waals surface area contributed by atoms with Gasteiger partial charge in [-0.3, -0.25) is 0 Å². The van der Waals surface area contributed by atoms with Gasteiger partial charge >= 0.3 is 5.95 Å². The van der Waals surface area contributed by atoms with E-state index in [2.05, 4.69) is 13.8 Å². The van der Waals surface area contributed by atoms with Crippen molar-refractivity contribution in [2.75, 3.05) is 26.6 Å². The highest BCUT2D eigenvalue weighted by molar-refractivity contribution is 4.95. The molecule has 0 unspecified atom stereocenters. The van der Waals surface area contributed by atoms with Crippen molar-refractivity contribution in [2.24, 2.45) is 0 Å². The fraction of sp³-hybridized carbons (Fsp3) is 0.895. The molecule has 0 spiro atoms. The smallest absolute Gasteiger partial charge is 0.321 e. The Labute approximate surface area is 143 Å². The van der Waals surface area contributed by atoms with Crippen molar-refractivity contribution < 1.29 is 18.9 Å². The van der Waals surface area contributed by atoms with E-state index in [1.807, 2.05) is 13.8 Å². The molecule has 0 aromatic rings. The van der Waals surface area contributed by atoms with Crippen LogP contribution in [0.1, 0.15) is 85.5 Å². The zero-order chi connectivity index (χ0) is 17.2. The number of unbranched alkanes of at least 4 members (excludes halogenated alkanes) is 6. The predicted molar refractivity (Wildman–Crippen MR) is 95.1 cm³/mol. The second kappa shape index (κ2) is 17.5. The normalized spacial score (nSPS) is 12.0. The summed E-state index contributed by atoms with van der Waals surface area (Å²) >= 11 is 0. The van der Waals surface area contributed by atoms with Crippen molar-refractivity contribution >= 4 is 0 Å². The lowest BCUT2D eigenvalue weighted by Crippen LogP contribution is -2.09. The SMILES string of the molecule is CCCCCCCOCOC(OCC)=C(CCCCC)OCC. The molecule has 0 aliphatic heterocycles. The third-order valence-electron chi connectivity index (χ3n) is 3.49. The average Bonchev–Trinajstić information content (AvgIpc) is 2.56. The van der Waals surface area contributed by atoms with E-state index in [0.29, 0.717) is 19.2 Å². The van der Waals surface area contributed by atoms with Crippen LogP contribution in [-0.2, 0) is 18.9 Å². The molecule has 0 saturated carbocycles. The molecule has 0 aliphatic rings. The average molecular weight is 331 g/mol. The Morgan fingerprint density at radius 2 is 1.30 bits per heavy atom. The number of rotatable bonds is 17. The zero-order valence-corrected chi connectivity index (χ0v) is 15.8. The molecular formula is C19H38O4. The first-order valence-corrected chi connectivity index (χ1v) is 9.49. The van der Waals surface area contributed by atoms with Gasteiger partial charge in [0.25, 0.3) is 0 Å². The van der Waals surface area contributed by atoms with Crippen LogP contribution < -0.4 is 0 Å². The van der Waals surface area contributed by atoms with Crippen LogP contribution in [0, 0.1) is 0 Å². The highest BCUT2D eigenvalue weighted by atomic mass is 16.7. The Bertz CT molecular complexity index is 277. The lowest BCUT2D eigenvalue weighted by Gasteiger charge is -2.16. The lowest BCUT2D eigenvalue weighted by molar-refractivity contribution is -0.0823. The van der Waals surface area contributed by atoms with Gasteiger partial charge in [-0.15, -0.1) is 0 Å². The summed E-state index contributed by atoms with van der Waals surface area (Å²) < 4.78 is 22.5. The van der Waals surface area contributed by atoms with Crippen molar-refractivity contribution in [1.29, 1.82) is 0 Å². The summed E-state index contributed by atoms with van der Waals surface area (Å²) in [6.07, 6.45) is 10.5. The molecule has 4 nitrogen and oxygen atoms in total. The Balaban J connectivity index is 4.14. The van der Waals surface area contributed by atoms with Crippen molar-refractivity contribution in [1.82, 2.24) is 0 Å². The van der Waals surface area contributed by atoms with Crippen molar-refractivity contribution in [3.8, 4) is 0 Å². The van der Waals surface area contributed by atoms with Gasteiger partial charge in [-0.1, -0.05) is 52.4 Å². The van der Waals surface area contributed by atoms with Gasteiger partial charge in [-0.25, -0.2) is 0 Å². The van der Waals surface area contributed by atoms with E-state index in [-0.39, 0.29) is 6.79 Å². The summed E-state index contributed by atoms with van der Waals surface area (Å²) in [7, 11) is 0. The first kappa shape index (κ1) is 22.1. The largest absolute Gasteiger partial charge is 0.491 e. The third kappa shape index (κ3) is 13.3. The number of ether oxygens (including phenoxy) is 4. The van der Waals surface area contributed by atoms with Crippen LogP contribution in [0.25, 0.3) is 0 Å². The third-order valence-corrected chi connectivity index (χ3v) is 3.49. The Kier molecular flexibility index (Phi) is 16.8. The minimum Gasteiger partial charge on any atom is -0.491 e. The minimum absolute atomic E-state index is 0.230. The highest BCUT2D eigenvalue weighted by Crippen LogP contribution is 2.17. The maximum absolute atomic E-state index is 5.70. The van der Waals surface area contributed by atoms with Crippen molar-refractivity contribution in [3.05, 3.63) is 11.7 Å². The fourth-order valence-electron chi connectivity index (χ4n) is 2.24. The number of hydrogen-bond acceptors (Lipinski definition) is 4. The maximum Gasteiger partial charge on any atom is 0.321 e. The summed E-state index contributed by atoms with van der Waals surface area (Å²) in [6, 6.07) is 0. The molecule has 0 heterocycles. The van der Waals surface area contributed by atoms with Crippen LogP contribution in [0.3, 0.4) is 0 Å². The van der Waals surface area contributed by atoms with E-state index < -0.39 is 0 Å². The maximum atomic E-state index is 5.70. The van der Waals surface area contributed by atoms with Gasteiger partial charge in [0, 0.05) is 6.42 Å². The van der Waals surface area contributed by atoms with E-state index in [1.54, 1.807) is 0 Å². The van der Waals surface area contributed by atoms with Crippen molar-refractivity contribution in [2.45, 2.75) is 85.5 Å². The van der Waals surface area contributed by atoms with Gasteiger partial charge in [0.1, 0.15) is 0 Å². The van der Waals surface area contributed by atoms with Gasteiger partial charge < -0.3 is 18.9 Å². The summed E-state index contributed by atoms with van der Waals surface area (Å²) in [5.74, 6) is 1.31. The molecule has 0 aliphatic carbocycles. The van der Waals surface area contributed by atoms with Gasteiger partial charge in [-0.05, 0) is 26.7 Å². The molecule has 0 rings (SSSR count). The number of hydrogen-bond donors (Lipinski definition) is 0. The molecule has 0 aromatic heterocycles. The molecular weight excluding hydrogens is 292 g/mol. The molecule has 4 heteroatoms. The van der Waals surface area contributed by atoms with Crippen molar-refractivity contribution in [3.63, 3.8) is 0 Å². The topological polar surface area (TPSA) is 36.9 Å². The monoisotopic (exact) mass is 330 g/mol. The summed E-state index contributed by atoms with van der Waals surface area (Å²) in [5, 5.41) is 0. The van der Waals surface area contributed by atoms with Crippen LogP contribution in [0.4, 0.5) is 0 Å². The van der Waals surface area contributed by atoms with Crippen LogP contribution >= 0.6 is 0 Å². The molecule has 0 aromatic carbocycles. The molecule has 0 N–H and O–H groups in total. The molecule has 0 amide bonds. The quantitative estimate of drug-likeness (QED) is 0.193. The van der Waals surface area contributed by atoms with Gasteiger partial charge in [0.2, 0.25) is 0 Å². The molecule has 0 atom stereocenters. The van der Waals surface area contributed by atoms with Crippen LogP contribution in [0.2, 0.25) is 0 Å². The summed E-state index contributed by atoms with van der Waals surface area (Å²) in [6.45, 7) is 10.5. The fourth-order valence-corrected chi connectivity index (χ4v) is 2.24. The van der Waals surface area contributed by atoms with E-state index in [9.17, 15) is 0 Å². The second-order valence-corrected chi connectivity index (χ2v) is 5.62. The Morgan fingerprint density at radius 3 is 1.96 bits per heavy atom. The van der Waals surface area contributed by atoms with Gasteiger partial charge in [0.15, 0.2) is 12.6 Å². The summed E-state index contributed by atoms with van der Waals surface area (Å²) in [5.41, 5.74) is 0. The molecule has 0 radical (unpaired) electrons. The van der Waals surface area contributed by atoms with E-state index in [0.717, 1.165) is 31.6 Å². The van der Waals surface area contributed by atoms with Gasteiger partial charge in [-0.2, -0.15) is 0 Å². The lowest BCUT2D eigenvalue weighted by atomic mass is 10.2. The second-order valence-electron chi connectivity index (χ2n) is 5.62. The van der Waals surface area contributed by atoms with E-state index in [4.69, 9.17) is 18.9 Å². The first-order valence-electron chi connectivity index (χ1n) is 9.49. The van der Waals surface area contributed by atoms with Crippen LogP contribution in [0.5, 0.6) is 0 Å². The Hall–Kier alpha value is -0.900. The number of allylic oxidation sites excluding steroid dienone is 1. The van der Waals surface area contributed by atoms with Crippen LogP contribution in [0.15, 0.2) is 11.7 Å². The first-order chi connectivity index (χ1) is 11.3. The molecule has 138 valence electrons. The van der Waals surface area contributed by atoms with E-state index >= 15 is 0 Å². The Morgan fingerprint density at radius 1 is 0.652 bits per heavy atom. The zero-order valence-electron chi connectivity index (χ0n) is 15.8. The molecule has 0 fully saturated rings. The van der Waals surface area contributed by atoms with Crippen LogP contribution in [-0.4, -0.2) is 26.6 Å². The van der Waals surface area contributed by atoms with E-state index in [1.165, 1.54) is 38.5 Å². The minimum atomic E-state index is 0.230. The highest BCUT2D eigenvalue weighted by Gasteiger charge is 2.11. The standard InChI is InChI=1S/C19H38O4/c1-5-9-11-12-14-16-20-17-23-19(22-8-4)18(21-7-3)15-13-10-6-2/h5-17H2,1-4H3.